The summed E-state index contributed by atoms with van der Waals surface area (Å²) in [7, 11) is 0. The quantitative estimate of drug-likeness (QED) is 0.369. The van der Waals surface area contributed by atoms with Gasteiger partial charge in [-0.05, 0) is 43.4 Å². The molecule has 3 aromatic carbocycles. The lowest BCUT2D eigenvalue weighted by Gasteiger charge is -2.28. The van der Waals surface area contributed by atoms with Crippen molar-refractivity contribution in [1.82, 2.24) is 10.3 Å². The third-order valence-electron chi connectivity index (χ3n) is 5.30. The first-order valence-corrected chi connectivity index (χ1v) is 10.1. The average molecular weight is 425 g/mol. The van der Waals surface area contributed by atoms with Gasteiger partial charge < -0.3 is 20.1 Å². The van der Waals surface area contributed by atoms with Crippen LogP contribution in [0.1, 0.15) is 19.4 Å². The normalized spacial score (nSPS) is 12.6. The Hall–Kier alpha value is -2.53. The van der Waals surface area contributed by atoms with Gasteiger partial charge in [-0.3, -0.25) is 0 Å². The highest BCUT2D eigenvalue weighted by Gasteiger charge is 2.21. The summed E-state index contributed by atoms with van der Waals surface area (Å²) >= 11 is 0. The van der Waals surface area contributed by atoms with Crippen molar-refractivity contribution in [1.29, 1.82) is 0 Å². The Bertz CT molecular complexity index is 1100. The molecule has 1 unspecified atom stereocenters. The van der Waals surface area contributed by atoms with E-state index in [2.05, 4.69) is 60.7 Å². The second-order valence-electron chi connectivity index (χ2n) is 8.24. The summed E-state index contributed by atoms with van der Waals surface area (Å²) in [5.74, 6) is 0.806. The zero-order valence-electron chi connectivity index (χ0n) is 17.4. The maximum Gasteiger partial charge on any atom is 0.127 e. The number of nitrogens with one attached hydrogen (secondary N) is 2. The lowest BCUT2D eigenvalue weighted by molar-refractivity contribution is 0.0996. The number of benzene rings is 3. The van der Waals surface area contributed by atoms with Crippen molar-refractivity contribution in [3.63, 3.8) is 0 Å². The van der Waals surface area contributed by atoms with E-state index in [1.807, 2.05) is 36.4 Å². The number of hydrogen-bond donors (Lipinski definition) is 3. The Morgan fingerprint density at radius 3 is 2.50 bits per heavy atom. The third-order valence-corrected chi connectivity index (χ3v) is 5.30. The average Bonchev–Trinajstić information content (AvgIpc) is 3.13. The van der Waals surface area contributed by atoms with Gasteiger partial charge in [0, 0.05) is 34.6 Å². The number of aliphatic hydroxyl groups is 1. The highest BCUT2D eigenvalue weighted by Crippen LogP contribution is 2.25. The van der Waals surface area contributed by atoms with Gasteiger partial charge in [-0.1, -0.05) is 54.6 Å². The van der Waals surface area contributed by atoms with E-state index in [-0.39, 0.29) is 24.6 Å². The van der Waals surface area contributed by atoms with Crippen LogP contribution in [0.4, 0.5) is 0 Å². The number of para-hydroxylation sites is 1. The molecule has 0 bridgehead atoms. The Morgan fingerprint density at radius 1 is 0.967 bits per heavy atom. The number of aromatic amines is 1. The van der Waals surface area contributed by atoms with Gasteiger partial charge in [0.15, 0.2) is 0 Å². The summed E-state index contributed by atoms with van der Waals surface area (Å²) in [6.07, 6.45) is 2.36. The minimum absolute atomic E-state index is 0. The van der Waals surface area contributed by atoms with Gasteiger partial charge in [-0.15, -0.1) is 12.4 Å². The van der Waals surface area contributed by atoms with E-state index in [0.29, 0.717) is 6.54 Å². The molecule has 1 aromatic heterocycles. The second kappa shape index (κ2) is 9.52. The zero-order chi connectivity index (χ0) is 20.3. The molecule has 30 heavy (non-hydrogen) atoms. The molecule has 0 fully saturated rings. The van der Waals surface area contributed by atoms with Crippen LogP contribution in [-0.4, -0.2) is 34.9 Å². The number of hydrogen-bond acceptors (Lipinski definition) is 3. The number of β-amino-alcohol motifs (C(OH)–C–C–N with tert-alkyl or cyclic N) is 1. The summed E-state index contributed by atoms with van der Waals surface area (Å²) in [5, 5.41) is 17.4. The van der Waals surface area contributed by atoms with Gasteiger partial charge in [0.2, 0.25) is 0 Å². The van der Waals surface area contributed by atoms with E-state index >= 15 is 0 Å². The maximum absolute atomic E-state index is 10.5. The summed E-state index contributed by atoms with van der Waals surface area (Å²) in [6.45, 7) is 5.05. The van der Waals surface area contributed by atoms with Crippen molar-refractivity contribution >= 4 is 34.1 Å². The topological polar surface area (TPSA) is 57.3 Å². The molecule has 0 aliphatic rings. The van der Waals surface area contributed by atoms with Gasteiger partial charge in [0.1, 0.15) is 18.5 Å². The maximum atomic E-state index is 10.5. The molecular weight excluding hydrogens is 396 g/mol. The fourth-order valence-electron chi connectivity index (χ4n) is 3.78. The Morgan fingerprint density at radius 2 is 1.67 bits per heavy atom. The molecule has 0 amide bonds. The number of halogens is 1. The number of rotatable bonds is 8. The first-order chi connectivity index (χ1) is 14.0. The molecule has 4 nitrogen and oxygen atoms in total. The number of aliphatic hydroxyl groups excluding tert-OH is 1. The zero-order valence-corrected chi connectivity index (χ0v) is 18.2. The molecule has 0 saturated carbocycles. The molecular formula is C25H29ClN2O2. The van der Waals surface area contributed by atoms with Crippen LogP contribution in [0.15, 0.2) is 72.9 Å². The van der Waals surface area contributed by atoms with Gasteiger partial charge in [0.05, 0.1) is 0 Å². The van der Waals surface area contributed by atoms with E-state index < -0.39 is 6.10 Å². The molecule has 1 atom stereocenters. The second-order valence-corrected chi connectivity index (χ2v) is 8.24. The van der Waals surface area contributed by atoms with Crippen LogP contribution in [0.25, 0.3) is 21.7 Å². The smallest absolute Gasteiger partial charge is 0.127 e. The van der Waals surface area contributed by atoms with Crippen molar-refractivity contribution in [3.8, 4) is 5.75 Å². The third kappa shape index (κ3) is 5.14. The molecule has 5 heteroatoms. The summed E-state index contributed by atoms with van der Waals surface area (Å²) in [4.78, 5) is 3.33. The number of H-pyrrole nitrogens is 1. The van der Waals surface area contributed by atoms with E-state index in [4.69, 9.17) is 4.74 Å². The van der Waals surface area contributed by atoms with E-state index in [1.54, 1.807) is 0 Å². The molecule has 0 spiro atoms. The van der Waals surface area contributed by atoms with E-state index in [1.165, 1.54) is 10.9 Å². The van der Waals surface area contributed by atoms with Crippen molar-refractivity contribution in [3.05, 3.63) is 78.5 Å². The molecule has 3 N–H and O–H groups in total. The Labute approximate surface area is 183 Å². The van der Waals surface area contributed by atoms with Crippen LogP contribution in [0.3, 0.4) is 0 Å². The number of fused-ring (bicyclic) bond motifs is 2. The molecule has 0 aliphatic carbocycles. The predicted octanol–water partition coefficient (Wildman–Crippen LogP) is 5.09. The van der Waals surface area contributed by atoms with Gasteiger partial charge in [0.25, 0.3) is 0 Å². The lowest BCUT2D eigenvalue weighted by Crippen LogP contribution is -2.46. The van der Waals surface area contributed by atoms with Crippen LogP contribution >= 0.6 is 12.4 Å². The number of aromatic nitrogens is 1. The summed E-state index contributed by atoms with van der Waals surface area (Å²) < 4.78 is 5.91. The van der Waals surface area contributed by atoms with Crippen LogP contribution < -0.4 is 10.1 Å². The predicted molar refractivity (Wildman–Crippen MR) is 127 cm³/mol. The van der Waals surface area contributed by atoms with Crippen LogP contribution in [0, 0.1) is 0 Å². The summed E-state index contributed by atoms with van der Waals surface area (Å²) in [6, 6.07) is 22.4. The Kier molecular flexibility index (Phi) is 7.03. The standard InChI is InChI=1S/C25H28N2O2.ClH/c1-25(2,14-19-15-26-23-12-6-5-10-21(19)23)27-16-20(28)17-29-24-13-7-9-18-8-3-4-11-22(18)24;/h3-13,15,20,26-28H,14,16-17H2,1-2H3;1H. The lowest BCUT2D eigenvalue weighted by atomic mass is 9.94. The van der Waals surface area contributed by atoms with Crippen molar-refractivity contribution in [2.45, 2.75) is 31.9 Å². The van der Waals surface area contributed by atoms with Crippen LogP contribution in [0.2, 0.25) is 0 Å². The molecule has 0 radical (unpaired) electrons. The van der Waals surface area contributed by atoms with E-state index in [0.717, 1.165) is 28.5 Å². The number of ether oxygens (including phenoxy) is 1. The first kappa shape index (κ1) is 22.2. The van der Waals surface area contributed by atoms with Gasteiger partial charge >= 0.3 is 0 Å². The van der Waals surface area contributed by atoms with Crippen LogP contribution in [-0.2, 0) is 6.42 Å². The van der Waals surface area contributed by atoms with Crippen molar-refractivity contribution in [2.75, 3.05) is 13.2 Å². The van der Waals surface area contributed by atoms with Crippen molar-refractivity contribution < 1.29 is 9.84 Å². The summed E-state index contributed by atoms with van der Waals surface area (Å²) in [5.41, 5.74) is 2.28. The molecule has 158 valence electrons. The SMILES string of the molecule is CC(C)(Cc1c[nH]c2ccccc12)NCC(O)COc1cccc2ccccc12.Cl. The van der Waals surface area contributed by atoms with Crippen molar-refractivity contribution in [2.24, 2.45) is 0 Å². The molecule has 1 heterocycles. The molecule has 4 rings (SSSR count). The monoisotopic (exact) mass is 424 g/mol. The first-order valence-electron chi connectivity index (χ1n) is 10.1. The van der Waals surface area contributed by atoms with Gasteiger partial charge in [-0.25, -0.2) is 0 Å². The van der Waals surface area contributed by atoms with Gasteiger partial charge in [-0.2, -0.15) is 0 Å². The fourth-order valence-corrected chi connectivity index (χ4v) is 3.78. The minimum Gasteiger partial charge on any atom is -0.490 e. The molecule has 0 aliphatic heterocycles. The minimum atomic E-state index is -0.587. The van der Waals surface area contributed by atoms with E-state index in [9.17, 15) is 5.11 Å². The largest absolute Gasteiger partial charge is 0.490 e. The van der Waals surface area contributed by atoms with Crippen LogP contribution in [0.5, 0.6) is 5.75 Å². The molecule has 4 aromatic rings. The fraction of sp³-hybridized carbons (Fsp3) is 0.280. The molecule has 0 saturated heterocycles. The highest BCUT2D eigenvalue weighted by atomic mass is 35.5. The highest BCUT2D eigenvalue weighted by molar-refractivity contribution is 5.88. The Balaban J connectivity index is 0.00000256.